The van der Waals surface area contributed by atoms with Crippen LogP contribution in [-0.2, 0) is 7.05 Å². The fourth-order valence-corrected chi connectivity index (χ4v) is 4.70. The predicted octanol–water partition coefficient (Wildman–Crippen LogP) is 6.00. The standard InChI is InChI=1S/C25H33F3N2O2/c1-15(2)19-9-11-30(12-10-19)18(5)21-8-7-20(13-23(21)32-25(26,27)28)22-14-29(6)24(31)17(4)16(22)3/h7-8,13-15,18-19H,9-12H2,1-6H3. The zero-order valence-corrected chi connectivity index (χ0v) is 19.7. The Morgan fingerprint density at radius 1 is 1.06 bits per heavy atom. The van der Waals surface area contributed by atoms with Gasteiger partial charge in [-0.05, 0) is 75.7 Å². The molecule has 2 aromatic rings. The summed E-state index contributed by atoms with van der Waals surface area (Å²) in [6.07, 6.45) is -1.03. The highest BCUT2D eigenvalue weighted by atomic mass is 19.4. The molecule has 1 aliphatic heterocycles. The lowest BCUT2D eigenvalue weighted by molar-refractivity contribution is -0.275. The lowest BCUT2D eigenvalue weighted by Crippen LogP contribution is -2.37. The Morgan fingerprint density at radius 3 is 2.25 bits per heavy atom. The van der Waals surface area contributed by atoms with Crippen LogP contribution >= 0.6 is 0 Å². The molecular weight excluding hydrogens is 417 g/mol. The smallest absolute Gasteiger partial charge is 0.405 e. The largest absolute Gasteiger partial charge is 0.573 e. The Hall–Kier alpha value is -2.28. The van der Waals surface area contributed by atoms with E-state index in [2.05, 4.69) is 23.5 Å². The molecule has 0 amide bonds. The molecule has 3 rings (SSSR count). The first-order valence-electron chi connectivity index (χ1n) is 11.2. The zero-order chi connectivity index (χ0) is 23.8. The summed E-state index contributed by atoms with van der Waals surface area (Å²) in [4.78, 5) is 14.4. The molecule has 176 valence electrons. The second kappa shape index (κ2) is 9.30. The van der Waals surface area contributed by atoms with Crippen molar-refractivity contribution in [3.63, 3.8) is 0 Å². The van der Waals surface area contributed by atoms with Gasteiger partial charge in [0.05, 0.1) is 0 Å². The van der Waals surface area contributed by atoms with E-state index in [1.54, 1.807) is 26.2 Å². The maximum atomic E-state index is 13.3. The molecular formula is C25H33F3N2O2. The molecule has 1 aromatic heterocycles. The molecule has 1 unspecified atom stereocenters. The molecule has 32 heavy (non-hydrogen) atoms. The van der Waals surface area contributed by atoms with Crippen LogP contribution in [0.2, 0.25) is 0 Å². The number of nitrogens with zero attached hydrogens (tertiary/aromatic N) is 2. The fraction of sp³-hybridized carbons (Fsp3) is 0.560. The topological polar surface area (TPSA) is 34.5 Å². The maximum Gasteiger partial charge on any atom is 0.573 e. The van der Waals surface area contributed by atoms with Crippen molar-refractivity contribution < 1.29 is 17.9 Å². The first-order chi connectivity index (χ1) is 14.9. The monoisotopic (exact) mass is 450 g/mol. The first-order valence-corrected chi connectivity index (χ1v) is 11.2. The zero-order valence-electron chi connectivity index (χ0n) is 19.7. The minimum atomic E-state index is -4.79. The molecule has 0 saturated carbocycles. The number of aromatic nitrogens is 1. The van der Waals surface area contributed by atoms with Crippen molar-refractivity contribution in [1.29, 1.82) is 0 Å². The van der Waals surface area contributed by atoms with E-state index in [0.717, 1.165) is 31.5 Å². The number of hydrogen-bond donors (Lipinski definition) is 0. The fourth-order valence-electron chi connectivity index (χ4n) is 4.70. The second-order valence-electron chi connectivity index (χ2n) is 9.30. The summed E-state index contributed by atoms with van der Waals surface area (Å²) >= 11 is 0. The number of alkyl halides is 3. The molecule has 0 spiro atoms. The van der Waals surface area contributed by atoms with Gasteiger partial charge in [0.15, 0.2) is 0 Å². The van der Waals surface area contributed by atoms with E-state index in [4.69, 9.17) is 0 Å². The van der Waals surface area contributed by atoms with Crippen LogP contribution in [0, 0.1) is 25.7 Å². The molecule has 0 bridgehead atoms. The van der Waals surface area contributed by atoms with Gasteiger partial charge < -0.3 is 9.30 Å². The third kappa shape index (κ3) is 5.20. The molecule has 1 saturated heterocycles. The summed E-state index contributed by atoms with van der Waals surface area (Å²) in [5.41, 5.74) is 3.04. The van der Waals surface area contributed by atoms with Gasteiger partial charge in [0.1, 0.15) is 5.75 Å². The Bertz CT molecular complexity index is 1020. The van der Waals surface area contributed by atoms with E-state index < -0.39 is 6.36 Å². The van der Waals surface area contributed by atoms with Crippen molar-refractivity contribution in [2.24, 2.45) is 18.9 Å². The predicted molar refractivity (Wildman–Crippen MR) is 121 cm³/mol. The number of pyridine rings is 1. The number of aryl methyl sites for hydroxylation is 1. The number of benzene rings is 1. The second-order valence-corrected chi connectivity index (χ2v) is 9.30. The van der Waals surface area contributed by atoms with Gasteiger partial charge in [-0.3, -0.25) is 9.69 Å². The van der Waals surface area contributed by atoms with Gasteiger partial charge >= 0.3 is 6.36 Å². The van der Waals surface area contributed by atoms with Crippen LogP contribution in [0.25, 0.3) is 11.1 Å². The summed E-state index contributed by atoms with van der Waals surface area (Å²) in [5, 5.41) is 0. The lowest BCUT2D eigenvalue weighted by atomic mass is 9.86. The molecule has 1 aromatic carbocycles. The summed E-state index contributed by atoms with van der Waals surface area (Å²) < 4.78 is 45.8. The molecule has 0 radical (unpaired) electrons. The van der Waals surface area contributed by atoms with Crippen molar-refractivity contribution in [3.05, 3.63) is 51.4 Å². The Labute approximate surface area is 188 Å². The maximum absolute atomic E-state index is 13.3. The van der Waals surface area contributed by atoms with E-state index in [1.165, 1.54) is 10.6 Å². The van der Waals surface area contributed by atoms with Crippen LogP contribution in [0.4, 0.5) is 13.2 Å². The Morgan fingerprint density at radius 2 is 1.69 bits per heavy atom. The summed E-state index contributed by atoms with van der Waals surface area (Å²) in [6.45, 7) is 11.6. The van der Waals surface area contributed by atoms with Gasteiger partial charge in [-0.25, -0.2) is 0 Å². The number of likely N-dealkylation sites (tertiary alicyclic amines) is 1. The van der Waals surface area contributed by atoms with Gasteiger partial charge in [-0.15, -0.1) is 13.2 Å². The van der Waals surface area contributed by atoms with Crippen LogP contribution in [0.3, 0.4) is 0 Å². The van der Waals surface area contributed by atoms with Crippen molar-refractivity contribution in [2.75, 3.05) is 13.1 Å². The third-order valence-corrected chi connectivity index (χ3v) is 7.00. The highest BCUT2D eigenvalue weighted by Crippen LogP contribution is 2.38. The van der Waals surface area contributed by atoms with Crippen LogP contribution < -0.4 is 10.3 Å². The van der Waals surface area contributed by atoms with Crippen LogP contribution in [0.15, 0.2) is 29.2 Å². The minimum Gasteiger partial charge on any atom is -0.405 e. The van der Waals surface area contributed by atoms with Gasteiger partial charge in [-0.1, -0.05) is 26.0 Å². The molecule has 1 fully saturated rings. The summed E-state index contributed by atoms with van der Waals surface area (Å²) in [5.74, 6) is 1.09. The average Bonchev–Trinajstić information content (AvgIpc) is 2.73. The summed E-state index contributed by atoms with van der Waals surface area (Å²) in [6, 6.07) is 4.81. The van der Waals surface area contributed by atoms with Crippen molar-refractivity contribution in [1.82, 2.24) is 9.47 Å². The van der Waals surface area contributed by atoms with Crippen LogP contribution in [0.1, 0.15) is 56.3 Å². The van der Waals surface area contributed by atoms with Crippen LogP contribution in [0.5, 0.6) is 5.75 Å². The van der Waals surface area contributed by atoms with Crippen molar-refractivity contribution in [2.45, 2.75) is 59.9 Å². The van der Waals surface area contributed by atoms with E-state index in [1.807, 2.05) is 19.9 Å². The van der Waals surface area contributed by atoms with Gasteiger partial charge in [0, 0.05) is 36.0 Å². The third-order valence-electron chi connectivity index (χ3n) is 7.00. The normalized spacial score (nSPS) is 17.1. The van der Waals surface area contributed by atoms with E-state index >= 15 is 0 Å². The van der Waals surface area contributed by atoms with Crippen molar-refractivity contribution >= 4 is 0 Å². The molecule has 4 nitrogen and oxygen atoms in total. The number of hydrogen-bond acceptors (Lipinski definition) is 3. The van der Waals surface area contributed by atoms with E-state index in [-0.39, 0.29) is 17.4 Å². The van der Waals surface area contributed by atoms with E-state index in [0.29, 0.717) is 34.1 Å². The number of rotatable bonds is 5. The van der Waals surface area contributed by atoms with Crippen LogP contribution in [-0.4, -0.2) is 28.9 Å². The number of ether oxygens (including phenoxy) is 1. The molecule has 1 atom stereocenters. The molecule has 0 N–H and O–H groups in total. The average molecular weight is 451 g/mol. The minimum absolute atomic E-state index is 0.118. The number of piperidine rings is 1. The highest BCUT2D eigenvalue weighted by molar-refractivity contribution is 5.69. The van der Waals surface area contributed by atoms with Crippen molar-refractivity contribution in [3.8, 4) is 16.9 Å². The number of halogens is 3. The quantitative estimate of drug-likeness (QED) is 0.561. The molecule has 2 heterocycles. The molecule has 7 heteroatoms. The highest BCUT2D eigenvalue weighted by Gasteiger charge is 2.34. The van der Waals surface area contributed by atoms with Gasteiger partial charge in [0.2, 0.25) is 0 Å². The first kappa shape index (κ1) is 24.4. The summed E-state index contributed by atoms with van der Waals surface area (Å²) in [7, 11) is 1.64. The Balaban J connectivity index is 1.99. The SMILES string of the molecule is Cc1c(-c2ccc(C(C)N3CCC(C(C)C)CC3)c(OC(F)(F)F)c2)cn(C)c(=O)c1C. The van der Waals surface area contributed by atoms with E-state index in [9.17, 15) is 18.0 Å². The molecule has 0 aliphatic carbocycles. The Kier molecular flexibility index (Phi) is 7.08. The molecule has 1 aliphatic rings. The van der Waals surface area contributed by atoms with Gasteiger partial charge in [0.25, 0.3) is 5.56 Å². The van der Waals surface area contributed by atoms with Gasteiger partial charge in [-0.2, -0.15) is 0 Å². The lowest BCUT2D eigenvalue weighted by Gasteiger charge is -2.38.